The maximum absolute atomic E-state index is 13.2. The minimum absolute atomic E-state index is 0.0785. The summed E-state index contributed by atoms with van der Waals surface area (Å²) < 4.78 is 14.9. The zero-order chi connectivity index (χ0) is 25.6. The van der Waals surface area contributed by atoms with Gasteiger partial charge in [0.2, 0.25) is 5.91 Å². The number of carboxylic acids is 1. The summed E-state index contributed by atoms with van der Waals surface area (Å²) in [4.78, 5) is 37.5. The smallest absolute Gasteiger partial charge is 0.306 e. The number of aromatic nitrogens is 2. The van der Waals surface area contributed by atoms with Gasteiger partial charge < -0.3 is 15.7 Å². The Balaban J connectivity index is 1.72. The summed E-state index contributed by atoms with van der Waals surface area (Å²) >= 11 is 0. The average Bonchev–Trinajstić information content (AvgIpc) is 3.34. The normalized spacial score (nSPS) is 13.0. The van der Waals surface area contributed by atoms with Crippen molar-refractivity contribution in [3.63, 3.8) is 0 Å². The number of hydrogen-bond donors (Lipinski definition) is 3. The second kappa shape index (κ2) is 10.9. The van der Waals surface area contributed by atoms with Crippen LogP contribution >= 0.6 is 0 Å². The average molecular weight is 481 g/mol. The van der Waals surface area contributed by atoms with Crippen molar-refractivity contribution >= 4 is 17.8 Å². The third-order valence-corrected chi connectivity index (χ3v) is 5.55. The number of amides is 2. The third kappa shape index (κ3) is 7.23. The molecule has 2 amide bonds. The first-order valence-electron chi connectivity index (χ1n) is 11.2. The van der Waals surface area contributed by atoms with E-state index in [0.29, 0.717) is 12.0 Å². The largest absolute Gasteiger partial charge is 0.481 e. The van der Waals surface area contributed by atoms with Crippen LogP contribution in [0.5, 0.6) is 0 Å². The van der Waals surface area contributed by atoms with Crippen LogP contribution in [0.25, 0.3) is 5.69 Å². The van der Waals surface area contributed by atoms with Gasteiger partial charge in [0.15, 0.2) is 0 Å². The monoisotopic (exact) mass is 480 g/mol. The SMILES string of the molecule is C[C@@H](C[C@H](NC(=O)c1ccc(-n2cccn2)cc1)C(=O)NC(C)(C)Cc1ccc(F)cc1)C(=O)O. The topological polar surface area (TPSA) is 113 Å². The van der Waals surface area contributed by atoms with E-state index in [4.69, 9.17) is 0 Å². The molecule has 9 heteroatoms. The van der Waals surface area contributed by atoms with Gasteiger partial charge in [-0.2, -0.15) is 5.10 Å². The van der Waals surface area contributed by atoms with Crippen molar-refractivity contribution in [3.8, 4) is 5.69 Å². The summed E-state index contributed by atoms with van der Waals surface area (Å²) in [5.41, 5.74) is 1.19. The molecular weight excluding hydrogens is 451 g/mol. The first-order chi connectivity index (χ1) is 16.5. The first kappa shape index (κ1) is 25.6. The molecule has 1 aromatic heterocycles. The summed E-state index contributed by atoms with van der Waals surface area (Å²) in [7, 11) is 0. The van der Waals surface area contributed by atoms with Gasteiger partial charge in [0, 0.05) is 23.5 Å². The van der Waals surface area contributed by atoms with E-state index in [-0.39, 0.29) is 12.2 Å². The highest BCUT2D eigenvalue weighted by atomic mass is 19.1. The molecule has 0 spiro atoms. The molecule has 0 saturated heterocycles. The van der Waals surface area contributed by atoms with Gasteiger partial charge in [0.1, 0.15) is 11.9 Å². The summed E-state index contributed by atoms with van der Waals surface area (Å²) in [5.74, 6) is -3.25. The molecule has 0 radical (unpaired) electrons. The number of aliphatic carboxylic acids is 1. The van der Waals surface area contributed by atoms with Gasteiger partial charge in [-0.3, -0.25) is 14.4 Å². The lowest BCUT2D eigenvalue weighted by Gasteiger charge is -2.30. The Hall–Kier alpha value is -4.01. The number of rotatable bonds is 10. The fraction of sp³-hybridized carbons (Fsp3) is 0.308. The van der Waals surface area contributed by atoms with Crippen LogP contribution < -0.4 is 10.6 Å². The van der Waals surface area contributed by atoms with Gasteiger partial charge in [-0.1, -0.05) is 19.1 Å². The molecule has 2 aromatic carbocycles. The van der Waals surface area contributed by atoms with Crippen LogP contribution in [0.3, 0.4) is 0 Å². The predicted molar refractivity (Wildman–Crippen MR) is 129 cm³/mol. The molecule has 0 saturated carbocycles. The van der Waals surface area contributed by atoms with Crippen LogP contribution in [0.2, 0.25) is 0 Å². The Kier molecular flexibility index (Phi) is 8.01. The molecule has 3 N–H and O–H groups in total. The van der Waals surface area contributed by atoms with Crippen LogP contribution in [0.1, 0.15) is 43.1 Å². The Morgan fingerprint density at radius 2 is 1.74 bits per heavy atom. The number of carbonyl (C=O) groups is 3. The van der Waals surface area contributed by atoms with Crippen molar-refractivity contribution in [2.24, 2.45) is 5.92 Å². The Morgan fingerprint density at radius 3 is 2.31 bits per heavy atom. The molecule has 184 valence electrons. The Bertz CT molecular complexity index is 1160. The maximum Gasteiger partial charge on any atom is 0.306 e. The number of carbonyl (C=O) groups excluding carboxylic acids is 2. The second-order valence-electron chi connectivity index (χ2n) is 9.17. The minimum atomic E-state index is -1.06. The van der Waals surface area contributed by atoms with E-state index in [2.05, 4.69) is 15.7 Å². The molecule has 0 unspecified atom stereocenters. The van der Waals surface area contributed by atoms with Crippen molar-refractivity contribution in [2.45, 2.75) is 45.2 Å². The number of benzene rings is 2. The lowest BCUT2D eigenvalue weighted by atomic mass is 9.93. The standard InChI is InChI=1S/C26H29FN4O4/c1-17(25(34)35)15-22(24(33)30-26(2,3)16-18-5-9-20(27)10-6-18)29-23(32)19-7-11-21(12-8-19)31-14-4-13-28-31/h4-14,17,22H,15-16H2,1-3H3,(H,29,32)(H,30,33)(H,34,35)/t17-,22-/m0/s1. The van der Waals surface area contributed by atoms with E-state index in [1.54, 1.807) is 59.5 Å². The van der Waals surface area contributed by atoms with Crippen molar-refractivity contribution in [1.82, 2.24) is 20.4 Å². The molecule has 3 aromatic rings. The van der Waals surface area contributed by atoms with Crippen LogP contribution in [0.15, 0.2) is 67.0 Å². The molecule has 0 fully saturated rings. The molecule has 8 nitrogen and oxygen atoms in total. The fourth-order valence-electron chi connectivity index (χ4n) is 3.69. The first-order valence-corrected chi connectivity index (χ1v) is 11.2. The molecule has 35 heavy (non-hydrogen) atoms. The van der Waals surface area contributed by atoms with Crippen LogP contribution in [0.4, 0.5) is 4.39 Å². The van der Waals surface area contributed by atoms with Gasteiger partial charge in [0.25, 0.3) is 5.91 Å². The summed E-state index contributed by atoms with van der Waals surface area (Å²) in [5, 5.41) is 19.1. The van der Waals surface area contributed by atoms with E-state index < -0.39 is 35.3 Å². The molecule has 0 aliphatic carbocycles. The lowest BCUT2D eigenvalue weighted by Crippen LogP contribution is -2.54. The fourth-order valence-corrected chi connectivity index (χ4v) is 3.69. The summed E-state index contributed by atoms with van der Waals surface area (Å²) in [6.07, 6.45) is 3.76. The number of hydrogen-bond acceptors (Lipinski definition) is 4. The van der Waals surface area contributed by atoms with Gasteiger partial charge in [-0.05, 0) is 74.7 Å². The van der Waals surface area contributed by atoms with Gasteiger partial charge >= 0.3 is 5.97 Å². The zero-order valence-corrected chi connectivity index (χ0v) is 19.9. The number of halogens is 1. The van der Waals surface area contributed by atoms with Gasteiger partial charge in [0.05, 0.1) is 11.6 Å². The Labute approximate surface area is 203 Å². The molecule has 3 rings (SSSR count). The second-order valence-corrected chi connectivity index (χ2v) is 9.17. The highest BCUT2D eigenvalue weighted by molar-refractivity contribution is 5.98. The Morgan fingerprint density at radius 1 is 1.09 bits per heavy atom. The van der Waals surface area contributed by atoms with E-state index >= 15 is 0 Å². The molecule has 1 heterocycles. The quantitative estimate of drug-likeness (QED) is 0.412. The van der Waals surface area contributed by atoms with E-state index in [1.165, 1.54) is 19.1 Å². The molecule has 2 atom stereocenters. The van der Waals surface area contributed by atoms with E-state index in [1.807, 2.05) is 13.8 Å². The van der Waals surface area contributed by atoms with Crippen molar-refractivity contribution in [1.29, 1.82) is 0 Å². The molecule has 0 aliphatic heterocycles. The number of nitrogens with one attached hydrogen (secondary N) is 2. The lowest BCUT2D eigenvalue weighted by molar-refractivity contribution is -0.141. The summed E-state index contributed by atoms with van der Waals surface area (Å²) in [6, 6.07) is 13.4. The molecule has 0 bridgehead atoms. The molecule has 0 aliphatic rings. The number of carboxylic acid groups (broad SMARTS) is 1. The summed E-state index contributed by atoms with van der Waals surface area (Å²) in [6.45, 7) is 5.10. The van der Waals surface area contributed by atoms with Crippen molar-refractivity contribution < 1.29 is 23.9 Å². The van der Waals surface area contributed by atoms with Crippen LogP contribution in [0, 0.1) is 11.7 Å². The third-order valence-electron chi connectivity index (χ3n) is 5.55. The zero-order valence-electron chi connectivity index (χ0n) is 19.9. The molecular formula is C26H29FN4O4. The van der Waals surface area contributed by atoms with Crippen molar-refractivity contribution in [3.05, 3.63) is 83.9 Å². The van der Waals surface area contributed by atoms with Gasteiger partial charge in [-0.15, -0.1) is 0 Å². The van der Waals surface area contributed by atoms with E-state index in [0.717, 1.165) is 11.3 Å². The van der Waals surface area contributed by atoms with Crippen LogP contribution in [-0.2, 0) is 16.0 Å². The maximum atomic E-state index is 13.2. The highest BCUT2D eigenvalue weighted by Gasteiger charge is 2.30. The van der Waals surface area contributed by atoms with Gasteiger partial charge in [-0.25, -0.2) is 9.07 Å². The highest BCUT2D eigenvalue weighted by Crippen LogP contribution is 2.16. The number of nitrogens with zero attached hydrogens (tertiary/aromatic N) is 2. The van der Waals surface area contributed by atoms with E-state index in [9.17, 15) is 23.9 Å². The van der Waals surface area contributed by atoms with Crippen molar-refractivity contribution in [2.75, 3.05) is 0 Å². The minimum Gasteiger partial charge on any atom is -0.481 e. The van der Waals surface area contributed by atoms with Crippen LogP contribution in [-0.4, -0.2) is 44.3 Å². The predicted octanol–water partition coefficient (Wildman–Crippen LogP) is 3.36.